The number of ether oxygens (including phenoxy) is 1. The highest BCUT2D eigenvalue weighted by Gasteiger charge is 2.18. The first-order chi connectivity index (χ1) is 9.82. The number of rotatable bonds is 3. The van der Waals surface area contributed by atoms with Crippen LogP contribution in [-0.2, 0) is 5.41 Å². The molecule has 0 aliphatic heterocycles. The van der Waals surface area contributed by atoms with E-state index in [4.69, 9.17) is 16.3 Å². The summed E-state index contributed by atoms with van der Waals surface area (Å²) in [5, 5.41) is 9.38. The van der Waals surface area contributed by atoms with Crippen LogP contribution < -0.4 is 10.1 Å². The maximum Gasteiger partial charge on any atom is 0.275 e. The van der Waals surface area contributed by atoms with E-state index >= 15 is 0 Å². The Kier molecular flexibility index (Phi) is 4.23. The number of aromatic nitrogens is 2. The Morgan fingerprint density at radius 3 is 2.62 bits per heavy atom. The van der Waals surface area contributed by atoms with Gasteiger partial charge in [-0.3, -0.25) is 9.89 Å². The minimum Gasteiger partial charge on any atom is -0.495 e. The highest BCUT2D eigenvalue weighted by molar-refractivity contribution is 6.34. The van der Waals surface area contributed by atoms with Gasteiger partial charge in [0.1, 0.15) is 11.4 Å². The number of methoxy groups -OCH3 is 1. The molecule has 1 aromatic carbocycles. The Morgan fingerprint density at radius 2 is 2.10 bits per heavy atom. The third-order valence-electron chi connectivity index (χ3n) is 3.13. The average molecular weight is 308 g/mol. The minimum absolute atomic E-state index is 0.0304. The van der Waals surface area contributed by atoms with E-state index in [0.29, 0.717) is 11.4 Å². The Labute approximate surface area is 128 Å². The second-order valence-electron chi connectivity index (χ2n) is 5.71. The number of aromatic amines is 1. The maximum absolute atomic E-state index is 12.2. The Bertz CT molecular complexity index is 659. The number of anilines is 1. The predicted octanol–water partition coefficient (Wildman–Crippen LogP) is 3.62. The van der Waals surface area contributed by atoms with Crippen molar-refractivity contribution < 1.29 is 9.53 Å². The first kappa shape index (κ1) is 15.4. The normalized spacial score (nSPS) is 11.3. The van der Waals surface area contributed by atoms with Gasteiger partial charge in [0.2, 0.25) is 0 Å². The lowest BCUT2D eigenvalue weighted by atomic mass is 9.87. The van der Waals surface area contributed by atoms with E-state index in [1.807, 2.05) is 18.2 Å². The van der Waals surface area contributed by atoms with Crippen LogP contribution in [-0.4, -0.2) is 23.2 Å². The zero-order valence-electron chi connectivity index (χ0n) is 12.5. The summed E-state index contributed by atoms with van der Waals surface area (Å²) in [7, 11) is 1.56. The summed E-state index contributed by atoms with van der Waals surface area (Å²) < 4.78 is 5.29. The largest absolute Gasteiger partial charge is 0.495 e. The number of hydrogen-bond donors (Lipinski definition) is 2. The van der Waals surface area contributed by atoms with Gasteiger partial charge in [-0.15, -0.1) is 0 Å². The fourth-order valence-corrected chi connectivity index (χ4v) is 2.06. The molecular weight excluding hydrogens is 290 g/mol. The van der Waals surface area contributed by atoms with E-state index in [0.717, 1.165) is 5.56 Å². The van der Waals surface area contributed by atoms with E-state index in [1.54, 1.807) is 7.11 Å². The van der Waals surface area contributed by atoms with Crippen molar-refractivity contribution in [2.75, 3.05) is 12.4 Å². The average Bonchev–Trinajstić information content (AvgIpc) is 2.84. The maximum atomic E-state index is 12.2. The van der Waals surface area contributed by atoms with Crippen LogP contribution in [0, 0.1) is 0 Å². The molecule has 0 aliphatic rings. The van der Waals surface area contributed by atoms with E-state index in [1.165, 1.54) is 6.20 Å². The second-order valence-corrected chi connectivity index (χ2v) is 6.12. The van der Waals surface area contributed by atoms with Crippen LogP contribution in [0.5, 0.6) is 5.75 Å². The van der Waals surface area contributed by atoms with Gasteiger partial charge in [-0.25, -0.2) is 0 Å². The molecule has 1 amide bonds. The van der Waals surface area contributed by atoms with Crippen molar-refractivity contribution in [3.05, 3.63) is 40.7 Å². The molecule has 0 saturated heterocycles. The van der Waals surface area contributed by atoms with Gasteiger partial charge in [0.05, 0.1) is 24.0 Å². The summed E-state index contributed by atoms with van der Waals surface area (Å²) in [6, 6.07) is 5.73. The van der Waals surface area contributed by atoms with Crippen molar-refractivity contribution in [3.8, 4) is 5.75 Å². The van der Waals surface area contributed by atoms with Gasteiger partial charge in [-0.05, 0) is 23.1 Å². The Hall–Kier alpha value is -2.01. The van der Waals surface area contributed by atoms with Crippen LogP contribution in [0.4, 0.5) is 5.69 Å². The molecule has 2 N–H and O–H groups in total. The molecule has 0 atom stereocenters. The van der Waals surface area contributed by atoms with Crippen molar-refractivity contribution in [2.24, 2.45) is 0 Å². The van der Waals surface area contributed by atoms with Gasteiger partial charge >= 0.3 is 0 Å². The Morgan fingerprint density at radius 1 is 1.38 bits per heavy atom. The lowest BCUT2D eigenvalue weighted by molar-refractivity contribution is 0.102. The van der Waals surface area contributed by atoms with Crippen LogP contribution >= 0.6 is 11.6 Å². The number of nitrogens with one attached hydrogen (secondary N) is 2. The van der Waals surface area contributed by atoms with Gasteiger partial charge in [0.25, 0.3) is 5.91 Å². The molecule has 0 radical (unpaired) electrons. The Balaban J connectivity index is 2.34. The fraction of sp³-hybridized carbons (Fsp3) is 0.333. The fourth-order valence-electron chi connectivity index (χ4n) is 1.89. The summed E-state index contributed by atoms with van der Waals surface area (Å²) in [5.41, 5.74) is 1.88. The number of halogens is 1. The molecule has 0 aliphatic carbocycles. The highest BCUT2D eigenvalue weighted by atomic mass is 35.5. The molecule has 0 fully saturated rings. The van der Waals surface area contributed by atoms with E-state index in [-0.39, 0.29) is 22.0 Å². The second kappa shape index (κ2) is 5.77. The van der Waals surface area contributed by atoms with Crippen molar-refractivity contribution in [1.82, 2.24) is 10.2 Å². The number of nitrogens with zero attached hydrogens (tertiary/aromatic N) is 1. The third kappa shape index (κ3) is 3.36. The summed E-state index contributed by atoms with van der Waals surface area (Å²) in [6.45, 7) is 6.31. The highest BCUT2D eigenvalue weighted by Crippen LogP contribution is 2.31. The molecule has 0 bridgehead atoms. The minimum atomic E-state index is -0.359. The van der Waals surface area contributed by atoms with Crippen molar-refractivity contribution >= 4 is 23.2 Å². The molecule has 5 nitrogen and oxygen atoms in total. The first-order valence-corrected chi connectivity index (χ1v) is 6.89. The van der Waals surface area contributed by atoms with Gasteiger partial charge in [-0.1, -0.05) is 38.4 Å². The molecule has 21 heavy (non-hydrogen) atoms. The van der Waals surface area contributed by atoms with Crippen LogP contribution in [0.25, 0.3) is 0 Å². The quantitative estimate of drug-likeness (QED) is 0.910. The molecule has 2 rings (SSSR count). The summed E-state index contributed by atoms with van der Waals surface area (Å²) in [5.74, 6) is 0.230. The molecule has 1 aromatic heterocycles. The van der Waals surface area contributed by atoms with Crippen LogP contribution in [0.1, 0.15) is 36.8 Å². The molecular formula is C15H18ClN3O2. The predicted molar refractivity (Wildman–Crippen MR) is 83.2 cm³/mol. The number of carbonyl (C=O) groups excluding carboxylic acids is 1. The molecule has 112 valence electrons. The van der Waals surface area contributed by atoms with Gasteiger partial charge in [0.15, 0.2) is 0 Å². The SMILES string of the molecule is COc1ccc(C(C)(C)C)cc1NC(=O)c1[nH]ncc1Cl. The number of benzene rings is 1. The van der Waals surface area contributed by atoms with Gasteiger partial charge < -0.3 is 10.1 Å². The zero-order valence-corrected chi connectivity index (χ0v) is 13.2. The number of carbonyl (C=O) groups is 1. The third-order valence-corrected chi connectivity index (χ3v) is 3.42. The zero-order chi connectivity index (χ0) is 15.6. The lowest BCUT2D eigenvalue weighted by Gasteiger charge is -2.21. The van der Waals surface area contributed by atoms with E-state index in [9.17, 15) is 4.79 Å². The van der Waals surface area contributed by atoms with E-state index in [2.05, 4.69) is 36.3 Å². The lowest BCUT2D eigenvalue weighted by Crippen LogP contribution is -2.16. The molecule has 1 heterocycles. The number of hydrogen-bond acceptors (Lipinski definition) is 3. The molecule has 0 saturated carbocycles. The number of amides is 1. The monoisotopic (exact) mass is 307 g/mol. The van der Waals surface area contributed by atoms with Crippen LogP contribution in [0.3, 0.4) is 0 Å². The molecule has 0 unspecified atom stereocenters. The molecule has 6 heteroatoms. The molecule has 2 aromatic rings. The van der Waals surface area contributed by atoms with Crippen LogP contribution in [0.2, 0.25) is 5.02 Å². The van der Waals surface area contributed by atoms with Crippen molar-refractivity contribution in [1.29, 1.82) is 0 Å². The topological polar surface area (TPSA) is 67.0 Å². The van der Waals surface area contributed by atoms with Crippen LogP contribution in [0.15, 0.2) is 24.4 Å². The van der Waals surface area contributed by atoms with E-state index < -0.39 is 0 Å². The van der Waals surface area contributed by atoms with Crippen molar-refractivity contribution in [3.63, 3.8) is 0 Å². The van der Waals surface area contributed by atoms with Gasteiger partial charge in [0, 0.05) is 0 Å². The smallest absolute Gasteiger partial charge is 0.275 e. The summed E-state index contributed by atoms with van der Waals surface area (Å²) in [4.78, 5) is 12.2. The van der Waals surface area contributed by atoms with Gasteiger partial charge in [-0.2, -0.15) is 5.10 Å². The summed E-state index contributed by atoms with van der Waals surface area (Å²) >= 11 is 5.89. The summed E-state index contributed by atoms with van der Waals surface area (Å²) in [6.07, 6.45) is 1.39. The molecule has 0 spiro atoms. The number of H-pyrrole nitrogens is 1. The standard InChI is InChI=1S/C15H18ClN3O2/c1-15(2,3)9-5-6-12(21-4)11(7-9)18-14(20)13-10(16)8-17-19-13/h5-8H,1-4H3,(H,17,19)(H,18,20). The van der Waals surface area contributed by atoms with Crippen molar-refractivity contribution in [2.45, 2.75) is 26.2 Å². The first-order valence-electron chi connectivity index (χ1n) is 6.51.